The van der Waals surface area contributed by atoms with Crippen LogP contribution in [0, 0.1) is 5.41 Å². The Morgan fingerprint density at radius 2 is 1.86 bits per heavy atom. The topological polar surface area (TPSA) is 66.8 Å². The highest BCUT2D eigenvalue weighted by Crippen LogP contribution is 2.46. The molecular weight excluding hydrogens is 546 g/mol. The normalized spacial score (nSPS) is 17.3. The van der Waals surface area contributed by atoms with E-state index in [4.69, 9.17) is 9.84 Å². The highest BCUT2D eigenvalue weighted by atomic mass is 79.9. The number of ether oxygens (including phenoxy) is 1. The third-order valence-electron chi connectivity index (χ3n) is 6.38. The van der Waals surface area contributed by atoms with Gasteiger partial charge in [-0.05, 0) is 49.4 Å². The Morgan fingerprint density at radius 3 is 2.43 bits per heavy atom. The van der Waals surface area contributed by atoms with Crippen LogP contribution in [0.25, 0.3) is 0 Å². The standard InChI is InChI=1S/C27H34BrNO4S2/c1-4-6-13-27(14-7-5-2)18-29(21-10-8-20(28)9-11-21)22-16-24(34-3)23(33-15-12-26(30)31)17-25(22)35(32)19-27/h8-12,15-17H,4-7,13-14,18-19H2,1-3H3,(H,30,31)/b15-12+. The molecule has 0 fully saturated rings. The molecule has 0 aliphatic carbocycles. The van der Waals surface area contributed by atoms with E-state index in [0.29, 0.717) is 11.5 Å². The van der Waals surface area contributed by atoms with E-state index in [2.05, 4.69) is 46.8 Å². The van der Waals surface area contributed by atoms with E-state index in [1.165, 1.54) is 18.0 Å². The number of hydrogen-bond donors (Lipinski definition) is 1. The van der Waals surface area contributed by atoms with E-state index in [1.54, 1.807) is 0 Å². The number of carboxylic acid groups (broad SMARTS) is 1. The molecule has 0 spiro atoms. The molecule has 35 heavy (non-hydrogen) atoms. The highest BCUT2D eigenvalue weighted by molar-refractivity contribution is 9.10. The quantitative estimate of drug-likeness (QED) is 0.166. The fraction of sp³-hybridized carbons (Fsp3) is 0.444. The first-order valence-corrected chi connectivity index (χ1v) is 15.4. The molecule has 0 aromatic heterocycles. The lowest BCUT2D eigenvalue weighted by Gasteiger charge is -2.37. The summed E-state index contributed by atoms with van der Waals surface area (Å²) in [7, 11) is -1.22. The molecule has 0 amide bonds. The number of hydrogen-bond acceptors (Lipinski definition) is 5. The fourth-order valence-electron chi connectivity index (χ4n) is 4.55. The van der Waals surface area contributed by atoms with Gasteiger partial charge < -0.3 is 14.7 Å². The van der Waals surface area contributed by atoms with Gasteiger partial charge in [-0.15, -0.1) is 11.8 Å². The Bertz CT molecular complexity index is 1060. The number of aliphatic carboxylic acids is 1. The van der Waals surface area contributed by atoms with E-state index < -0.39 is 16.8 Å². The number of rotatable bonds is 11. The van der Waals surface area contributed by atoms with Crippen molar-refractivity contribution >= 4 is 55.8 Å². The Morgan fingerprint density at radius 1 is 1.20 bits per heavy atom. The molecule has 0 radical (unpaired) electrons. The first-order valence-electron chi connectivity index (χ1n) is 12.0. The molecule has 190 valence electrons. The van der Waals surface area contributed by atoms with Gasteiger partial charge in [0.1, 0.15) is 5.75 Å². The van der Waals surface area contributed by atoms with Crippen LogP contribution >= 0.6 is 27.7 Å². The summed E-state index contributed by atoms with van der Waals surface area (Å²) < 4.78 is 20.6. The molecule has 1 unspecified atom stereocenters. The van der Waals surface area contributed by atoms with Crippen molar-refractivity contribution in [2.24, 2.45) is 5.41 Å². The third kappa shape index (κ3) is 7.14. The minimum atomic E-state index is -1.22. The fourth-order valence-corrected chi connectivity index (χ4v) is 7.08. The minimum absolute atomic E-state index is 0.0628. The van der Waals surface area contributed by atoms with E-state index >= 15 is 0 Å². The number of nitrogens with zero attached hydrogens (tertiary/aromatic N) is 1. The van der Waals surface area contributed by atoms with Crippen molar-refractivity contribution in [3.05, 3.63) is 53.2 Å². The predicted octanol–water partition coefficient (Wildman–Crippen LogP) is 7.77. The Balaban J connectivity index is 2.16. The summed E-state index contributed by atoms with van der Waals surface area (Å²) in [6.07, 6.45) is 10.6. The second kappa shape index (κ2) is 13.0. The summed E-state index contributed by atoms with van der Waals surface area (Å²) >= 11 is 5.07. The van der Waals surface area contributed by atoms with Crippen molar-refractivity contribution in [3.63, 3.8) is 0 Å². The number of carbonyl (C=O) groups is 1. The molecule has 1 atom stereocenters. The van der Waals surface area contributed by atoms with Crippen LogP contribution < -0.4 is 9.64 Å². The molecule has 0 bridgehead atoms. The summed E-state index contributed by atoms with van der Waals surface area (Å²) in [4.78, 5) is 14.8. The highest BCUT2D eigenvalue weighted by Gasteiger charge is 2.39. The van der Waals surface area contributed by atoms with Crippen molar-refractivity contribution < 1.29 is 18.8 Å². The number of halogens is 1. The molecule has 8 heteroatoms. The summed E-state index contributed by atoms with van der Waals surface area (Å²) in [5.74, 6) is 0.0512. The maximum absolute atomic E-state index is 13.9. The van der Waals surface area contributed by atoms with Crippen LogP contribution in [0.1, 0.15) is 52.4 Å². The average Bonchev–Trinajstić information content (AvgIpc) is 2.96. The largest absolute Gasteiger partial charge is 0.478 e. The van der Waals surface area contributed by atoms with E-state index in [0.717, 1.165) is 76.8 Å². The average molecular weight is 581 g/mol. The van der Waals surface area contributed by atoms with Gasteiger partial charge in [0.15, 0.2) is 0 Å². The SMILES string of the molecule is CCCCC1(CCCC)CN(c2ccc(Br)cc2)c2cc(SC)c(O/C=C/C(=O)O)cc2S(=O)C1. The van der Waals surface area contributed by atoms with Crippen molar-refractivity contribution in [3.8, 4) is 5.75 Å². The molecule has 1 heterocycles. The van der Waals surface area contributed by atoms with Crippen molar-refractivity contribution in [2.45, 2.75) is 62.2 Å². The Labute approximate surface area is 223 Å². The third-order valence-corrected chi connectivity index (χ3v) is 9.36. The van der Waals surface area contributed by atoms with Crippen LogP contribution in [0.2, 0.25) is 0 Å². The monoisotopic (exact) mass is 579 g/mol. The zero-order valence-corrected chi connectivity index (χ0v) is 23.8. The Hall–Kier alpha value is -1.77. The molecule has 0 saturated carbocycles. The van der Waals surface area contributed by atoms with Crippen molar-refractivity contribution in [1.29, 1.82) is 0 Å². The van der Waals surface area contributed by atoms with Gasteiger partial charge in [-0.25, -0.2) is 4.79 Å². The summed E-state index contributed by atoms with van der Waals surface area (Å²) in [6, 6.07) is 12.2. The minimum Gasteiger partial charge on any atom is -0.478 e. The Kier molecular flexibility index (Phi) is 10.3. The van der Waals surface area contributed by atoms with E-state index in [1.807, 2.05) is 30.5 Å². The maximum Gasteiger partial charge on any atom is 0.331 e. The first-order chi connectivity index (χ1) is 16.8. The lowest BCUT2D eigenvalue weighted by molar-refractivity contribution is -0.131. The van der Waals surface area contributed by atoms with E-state index in [-0.39, 0.29) is 5.41 Å². The number of benzene rings is 2. The molecule has 1 aliphatic rings. The van der Waals surface area contributed by atoms with Crippen LogP contribution in [0.4, 0.5) is 11.4 Å². The van der Waals surface area contributed by atoms with Gasteiger partial charge in [-0.1, -0.05) is 55.5 Å². The van der Waals surface area contributed by atoms with Crippen LogP contribution in [0.3, 0.4) is 0 Å². The van der Waals surface area contributed by atoms with Crippen LogP contribution in [0.5, 0.6) is 5.75 Å². The smallest absolute Gasteiger partial charge is 0.331 e. The molecule has 2 aromatic carbocycles. The molecule has 2 aromatic rings. The molecular formula is C27H34BrNO4S2. The second-order valence-electron chi connectivity index (χ2n) is 8.99. The number of thioether (sulfide) groups is 1. The van der Waals surface area contributed by atoms with Gasteiger partial charge in [0.05, 0.1) is 38.6 Å². The van der Waals surface area contributed by atoms with Gasteiger partial charge in [-0.3, -0.25) is 4.21 Å². The zero-order chi connectivity index (χ0) is 25.4. The van der Waals surface area contributed by atoms with E-state index in [9.17, 15) is 9.00 Å². The number of fused-ring (bicyclic) bond motifs is 1. The maximum atomic E-state index is 13.9. The van der Waals surface area contributed by atoms with Gasteiger partial charge in [0, 0.05) is 33.9 Å². The van der Waals surface area contributed by atoms with Crippen LogP contribution in [0.15, 0.2) is 63.0 Å². The predicted molar refractivity (Wildman–Crippen MR) is 150 cm³/mol. The lowest BCUT2D eigenvalue weighted by atomic mass is 9.79. The first kappa shape index (κ1) is 27.8. The van der Waals surface area contributed by atoms with Gasteiger partial charge in [0.25, 0.3) is 0 Å². The zero-order valence-electron chi connectivity index (χ0n) is 20.6. The second-order valence-corrected chi connectivity index (χ2v) is 12.2. The summed E-state index contributed by atoms with van der Waals surface area (Å²) in [5, 5.41) is 8.94. The van der Waals surface area contributed by atoms with Crippen LogP contribution in [-0.4, -0.2) is 33.8 Å². The van der Waals surface area contributed by atoms with Gasteiger partial charge in [0.2, 0.25) is 0 Å². The molecule has 5 nitrogen and oxygen atoms in total. The lowest BCUT2D eigenvalue weighted by Crippen LogP contribution is -2.37. The van der Waals surface area contributed by atoms with Gasteiger partial charge in [-0.2, -0.15) is 0 Å². The number of carboxylic acids is 1. The van der Waals surface area contributed by atoms with Crippen LogP contribution in [-0.2, 0) is 15.6 Å². The summed E-state index contributed by atoms with van der Waals surface area (Å²) in [5.41, 5.74) is 1.93. The number of anilines is 2. The molecule has 0 saturated heterocycles. The van der Waals surface area contributed by atoms with Gasteiger partial charge >= 0.3 is 5.97 Å². The molecule has 1 aliphatic heterocycles. The van der Waals surface area contributed by atoms with Crippen molar-refractivity contribution in [1.82, 2.24) is 0 Å². The number of unbranched alkanes of at least 4 members (excludes halogenated alkanes) is 2. The molecule has 1 N–H and O–H groups in total. The summed E-state index contributed by atoms with van der Waals surface area (Å²) in [6.45, 7) is 5.23. The van der Waals surface area contributed by atoms with Crippen molar-refractivity contribution in [2.75, 3.05) is 23.5 Å². The molecule has 3 rings (SSSR count).